The second-order valence-corrected chi connectivity index (χ2v) is 17.9. The van der Waals surface area contributed by atoms with Gasteiger partial charge in [0.05, 0.1) is 11.0 Å². The lowest BCUT2D eigenvalue weighted by atomic mass is 9.82. The van der Waals surface area contributed by atoms with Crippen LogP contribution in [-0.2, 0) is 5.41 Å². The predicted octanol–water partition coefficient (Wildman–Crippen LogP) is 14.5. The van der Waals surface area contributed by atoms with E-state index in [0.717, 1.165) is 0 Å². The average Bonchev–Trinajstić information content (AvgIpc) is 3.94. The quantitative estimate of drug-likeness (QED) is 0.176. The number of allylic oxidation sites excluding steroid dienone is 3. The summed E-state index contributed by atoms with van der Waals surface area (Å²) in [6, 6.07) is 53.1. The van der Waals surface area contributed by atoms with Gasteiger partial charge in [0, 0.05) is 69.2 Å². The summed E-state index contributed by atoms with van der Waals surface area (Å²) in [6.45, 7) is 4.77. The van der Waals surface area contributed by atoms with E-state index in [1.54, 1.807) is 0 Å². The van der Waals surface area contributed by atoms with Gasteiger partial charge in [-0.1, -0.05) is 135 Å². The molecular formula is C51H35NS2. The fourth-order valence-corrected chi connectivity index (χ4v) is 12.2. The van der Waals surface area contributed by atoms with Crippen LogP contribution in [0.15, 0.2) is 169 Å². The first-order valence-electron chi connectivity index (χ1n) is 18.9. The van der Waals surface area contributed by atoms with Crippen molar-refractivity contribution in [2.75, 3.05) is 0 Å². The van der Waals surface area contributed by atoms with Crippen LogP contribution in [0, 0.1) is 0 Å². The third kappa shape index (κ3) is 4.23. The summed E-state index contributed by atoms with van der Waals surface area (Å²) in [5.41, 5.74) is 15.6. The molecule has 7 aromatic carbocycles. The van der Waals surface area contributed by atoms with E-state index < -0.39 is 0 Å². The lowest BCUT2D eigenvalue weighted by Crippen LogP contribution is -2.15. The van der Waals surface area contributed by atoms with Gasteiger partial charge in [-0.05, 0) is 81.4 Å². The number of thiophene rings is 1. The van der Waals surface area contributed by atoms with E-state index in [1.807, 2.05) is 23.1 Å². The number of benzene rings is 7. The van der Waals surface area contributed by atoms with Crippen molar-refractivity contribution in [1.82, 2.24) is 4.57 Å². The Kier molecular flexibility index (Phi) is 6.39. The molecule has 0 saturated heterocycles. The molecule has 2 aliphatic carbocycles. The highest BCUT2D eigenvalue weighted by Gasteiger charge is 2.36. The summed E-state index contributed by atoms with van der Waals surface area (Å²) in [7, 11) is 0. The van der Waals surface area contributed by atoms with Gasteiger partial charge in [-0.15, -0.1) is 23.1 Å². The SMILES string of the molecule is CC1(C)c2ccccc2-c2ccc(-n3c4c(-c5ccc6c(c5)C5C=CC=CC5S6)cccc4c4cccc(-c5ccc6sc7ccccc7c6c5)c43)cc21. The van der Waals surface area contributed by atoms with Crippen LogP contribution in [0.4, 0.5) is 0 Å². The molecule has 0 spiro atoms. The van der Waals surface area contributed by atoms with Crippen LogP contribution >= 0.6 is 23.1 Å². The van der Waals surface area contributed by atoms with E-state index in [-0.39, 0.29) is 5.41 Å². The molecule has 256 valence electrons. The molecule has 2 aromatic heterocycles. The summed E-state index contributed by atoms with van der Waals surface area (Å²) in [5.74, 6) is 0.412. The molecule has 0 bridgehead atoms. The number of hydrogen-bond acceptors (Lipinski definition) is 2. The monoisotopic (exact) mass is 725 g/mol. The number of hydrogen-bond donors (Lipinski definition) is 0. The fourth-order valence-electron chi connectivity index (χ4n) is 9.77. The molecule has 0 radical (unpaired) electrons. The Labute approximate surface area is 322 Å². The standard InChI is InChI=1S/C51H35NS2/c1-51(2)43-18-6-3-11-35(43)36-24-23-32(29-44(36)51)52-49-33(30-21-25-47-41(27-30)37-12-4-7-19-45(37)53-47)14-9-16-39(49)40-17-10-15-34(50(40)52)31-22-26-48-42(28-31)38-13-5-8-20-46(38)54-48/h3-29,37,45H,1-2H3. The number of fused-ring (bicyclic) bond motifs is 12. The van der Waals surface area contributed by atoms with Crippen molar-refractivity contribution in [2.45, 2.75) is 35.3 Å². The zero-order chi connectivity index (χ0) is 35.7. The molecule has 3 aliphatic rings. The molecule has 3 heterocycles. The first-order chi connectivity index (χ1) is 26.5. The van der Waals surface area contributed by atoms with Gasteiger partial charge in [-0.2, -0.15) is 0 Å². The topological polar surface area (TPSA) is 4.93 Å². The highest BCUT2D eigenvalue weighted by molar-refractivity contribution is 8.00. The summed E-state index contributed by atoms with van der Waals surface area (Å²) >= 11 is 3.88. The van der Waals surface area contributed by atoms with Gasteiger partial charge in [0.25, 0.3) is 0 Å². The Hall–Kier alpha value is -5.61. The van der Waals surface area contributed by atoms with Crippen LogP contribution in [0.2, 0.25) is 0 Å². The number of nitrogens with zero attached hydrogens (tertiary/aromatic N) is 1. The van der Waals surface area contributed by atoms with Crippen LogP contribution in [-0.4, -0.2) is 9.82 Å². The van der Waals surface area contributed by atoms with Crippen LogP contribution < -0.4 is 0 Å². The van der Waals surface area contributed by atoms with Crippen molar-refractivity contribution in [3.05, 3.63) is 181 Å². The Morgan fingerprint density at radius 1 is 0.519 bits per heavy atom. The van der Waals surface area contributed by atoms with Crippen molar-refractivity contribution in [1.29, 1.82) is 0 Å². The lowest BCUT2D eigenvalue weighted by molar-refractivity contribution is 0.660. The molecule has 0 amide bonds. The van der Waals surface area contributed by atoms with Crippen molar-refractivity contribution in [2.24, 2.45) is 0 Å². The van der Waals surface area contributed by atoms with E-state index >= 15 is 0 Å². The third-order valence-corrected chi connectivity index (χ3v) is 14.8. The van der Waals surface area contributed by atoms with Crippen LogP contribution in [0.25, 0.3) is 81.0 Å². The number of rotatable bonds is 3. The van der Waals surface area contributed by atoms with Gasteiger partial charge in [-0.25, -0.2) is 0 Å². The lowest BCUT2D eigenvalue weighted by Gasteiger charge is -2.22. The summed E-state index contributed by atoms with van der Waals surface area (Å²) < 4.78 is 5.26. The molecule has 1 aliphatic heterocycles. The highest BCUT2D eigenvalue weighted by Crippen LogP contribution is 2.52. The molecule has 12 rings (SSSR count). The molecule has 1 nitrogen and oxygen atoms in total. The molecular weight excluding hydrogens is 691 g/mol. The van der Waals surface area contributed by atoms with Crippen LogP contribution in [0.3, 0.4) is 0 Å². The number of thioether (sulfide) groups is 1. The second kappa shape index (κ2) is 11.2. The minimum Gasteiger partial charge on any atom is -0.308 e. The number of para-hydroxylation sites is 2. The van der Waals surface area contributed by atoms with E-state index in [0.29, 0.717) is 11.2 Å². The second-order valence-electron chi connectivity index (χ2n) is 15.6. The van der Waals surface area contributed by atoms with Gasteiger partial charge >= 0.3 is 0 Å². The highest BCUT2D eigenvalue weighted by atomic mass is 32.2. The molecule has 0 fully saturated rings. The van der Waals surface area contributed by atoms with E-state index in [9.17, 15) is 0 Å². The molecule has 54 heavy (non-hydrogen) atoms. The Balaban J connectivity index is 1.16. The molecule has 2 atom stereocenters. The maximum absolute atomic E-state index is 2.60. The summed E-state index contributed by atoms with van der Waals surface area (Å²) in [5, 5.41) is 5.69. The minimum atomic E-state index is -0.104. The molecule has 9 aromatic rings. The zero-order valence-electron chi connectivity index (χ0n) is 30.0. The summed E-state index contributed by atoms with van der Waals surface area (Å²) in [4.78, 5) is 1.40. The Bertz CT molecular complexity index is 3130. The van der Waals surface area contributed by atoms with E-state index in [2.05, 4.69) is 182 Å². The smallest absolute Gasteiger partial charge is 0.0619 e. The maximum atomic E-state index is 2.60. The van der Waals surface area contributed by atoms with Crippen LogP contribution in [0.5, 0.6) is 0 Å². The third-order valence-electron chi connectivity index (χ3n) is 12.3. The van der Waals surface area contributed by atoms with Crippen molar-refractivity contribution < 1.29 is 0 Å². The van der Waals surface area contributed by atoms with Gasteiger partial charge in [0.15, 0.2) is 0 Å². The first-order valence-corrected chi connectivity index (χ1v) is 20.6. The maximum Gasteiger partial charge on any atom is 0.0619 e. The normalized spacial score (nSPS) is 17.7. The van der Waals surface area contributed by atoms with E-state index in [4.69, 9.17) is 0 Å². The predicted molar refractivity (Wildman–Crippen MR) is 233 cm³/mol. The Morgan fingerprint density at radius 2 is 1.19 bits per heavy atom. The molecule has 2 unspecified atom stereocenters. The molecule has 0 N–H and O–H groups in total. The number of aromatic nitrogens is 1. The largest absolute Gasteiger partial charge is 0.308 e. The van der Waals surface area contributed by atoms with Gasteiger partial charge in [0.1, 0.15) is 0 Å². The van der Waals surface area contributed by atoms with Crippen LogP contribution in [0.1, 0.15) is 36.5 Å². The minimum absolute atomic E-state index is 0.104. The van der Waals surface area contributed by atoms with Crippen molar-refractivity contribution >= 4 is 65.1 Å². The molecule has 3 heteroatoms. The fraction of sp³-hybridized carbons (Fsp3) is 0.0980. The van der Waals surface area contributed by atoms with Crippen molar-refractivity contribution in [3.63, 3.8) is 0 Å². The first kappa shape index (κ1) is 30.8. The van der Waals surface area contributed by atoms with Gasteiger partial charge in [0.2, 0.25) is 0 Å². The van der Waals surface area contributed by atoms with E-state index in [1.165, 1.54) is 103 Å². The van der Waals surface area contributed by atoms with Crippen molar-refractivity contribution in [3.8, 4) is 39.1 Å². The molecule has 0 saturated carbocycles. The average molecular weight is 726 g/mol. The zero-order valence-corrected chi connectivity index (χ0v) is 31.6. The van der Waals surface area contributed by atoms with Gasteiger partial charge < -0.3 is 4.57 Å². The Morgan fingerprint density at radius 3 is 2.04 bits per heavy atom. The summed E-state index contributed by atoms with van der Waals surface area (Å²) in [6.07, 6.45) is 9.16. The van der Waals surface area contributed by atoms with Gasteiger partial charge in [-0.3, -0.25) is 0 Å².